The quantitative estimate of drug-likeness (QED) is 0.327. The third-order valence-electron chi connectivity index (χ3n) is 3.31. The zero-order valence-corrected chi connectivity index (χ0v) is 12.2. The molecule has 1 heterocycles. The Morgan fingerprint density at radius 3 is 2.71 bits per heavy atom. The van der Waals surface area contributed by atoms with Crippen LogP contribution in [-0.2, 0) is 0 Å². The summed E-state index contributed by atoms with van der Waals surface area (Å²) < 4.78 is 5.49. The number of aryl methyl sites for hydroxylation is 1. The summed E-state index contributed by atoms with van der Waals surface area (Å²) >= 11 is 0. The molecule has 21 heavy (non-hydrogen) atoms. The molecule has 2 rings (SSSR count). The number of nitrogens with two attached hydrogens (primary N) is 1. The minimum Gasteiger partial charge on any atom is -0.444 e. The van der Waals surface area contributed by atoms with Crippen LogP contribution in [0.5, 0.6) is 0 Å². The van der Waals surface area contributed by atoms with Gasteiger partial charge in [0.15, 0.2) is 0 Å². The molecule has 2 aromatic rings. The highest BCUT2D eigenvalue weighted by atomic mass is 16.4. The van der Waals surface area contributed by atoms with Crippen LogP contribution in [0.4, 0.5) is 0 Å². The second kappa shape index (κ2) is 6.90. The normalized spacial score (nSPS) is 14.9. The monoisotopic (exact) mass is 288 g/mol. The molecule has 0 aliphatic heterocycles. The van der Waals surface area contributed by atoms with Crippen LogP contribution < -0.4 is 11.1 Å². The van der Waals surface area contributed by atoms with Gasteiger partial charge in [-0.25, -0.2) is 4.98 Å². The van der Waals surface area contributed by atoms with Crippen molar-refractivity contribution in [3.63, 3.8) is 0 Å². The van der Waals surface area contributed by atoms with Crippen LogP contribution in [-0.4, -0.2) is 22.6 Å². The number of amidine groups is 1. The molecular formula is C15H20N4O2. The molecular weight excluding hydrogens is 268 g/mol. The zero-order chi connectivity index (χ0) is 15.2. The third kappa shape index (κ3) is 3.82. The van der Waals surface area contributed by atoms with E-state index in [1.807, 2.05) is 44.2 Å². The highest BCUT2D eigenvalue weighted by molar-refractivity contribution is 5.87. The number of hydrogen-bond acceptors (Lipinski definition) is 5. The number of hydrogen-bond donors (Lipinski definition) is 3. The van der Waals surface area contributed by atoms with E-state index in [0.29, 0.717) is 12.4 Å². The Morgan fingerprint density at radius 1 is 1.43 bits per heavy atom. The second-order valence-electron chi connectivity index (χ2n) is 4.93. The summed E-state index contributed by atoms with van der Waals surface area (Å²) in [5.41, 5.74) is 6.78. The third-order valence-corrected chi connectivity index (χ3v) is 3.31. The van der Waals surface area contributed by atoms with E-state index in [1.54, 1.807) is 6.20 Å². The van der Waals surface area contributed by atoms with Crippen LogP contribution >= 0.6 is 0 Å². The molecule has 1 aromatic carbocycles. The standard InChI is InChI=1S/C15H20N4O2/c1-10-8-18-15(21-10)11(2)17-9-13(14(16)19-20)12-6-4-3-5-7-12/h3-8,11,13,17,20H,9H2,1-2H3,(H2,16,19). The smallest absolute Gasteiger partial charge is 0.211 e. The first-order valence-corrected chi connectivity index (χ1v) is 6.80. The maximum Gasteiger partial charge on any atom is 0.211 e. The van der Waals surface area contributed by atoms with E-state index >= 15 is 0 Å². The van der Waals surface area contributed by atoms with Crippen LogP contribution in [0.1, 0.15) is 36.1 Å². The molecule has 0 saturated carbocycles. The van der Waals surface area contributed by atoms with E-state index in [9.17, 15) is 0 Å². The van der Waals surface area contributed by atoms with E-state index in [1.165, 1.54) is 0 Å². The van der Waals surface area contributed by atoms with E-state index in [2.05, 4.69) is 15.5 Å². The fourth-order valence-corrected chi connectivity index (χ4v) is 2.10. The lowest BCUT2D eigenvalue weighted by Crippen LogP contribution is -2.33. The van der Waals surface area contributed by atoms with E-state index in [-0.39, 0.29) is 17.8 Å². The minimum absolute atomic E-state index is 0.0589. The maximum absolute atomic E-state index is 8.96. The van der Waals surface area contributed by atoms with Crippen LogP contribution in [0.2, 0.25) is 0 Å². The van der Waals surface area contributed by atoms with Gasteiger partial charge in [0, 0.05) is 6.54 Å². The number of nitrogens with one attached hydrogen (secondary N) is 1. The molecule has 1 aromatic heterocycles. The molecule has 6 heteroatoms. The van der Waals surface area contributed by atoms with Crippen molar-refractivity contribution in [3.8, 4) is 0 Å². The van der Waals surface area contributed by atoms with Crippen molar-refractivity contribution < 1.29 is 9.62 Å². The fourth-order valence-electron chi connectivity index (χ4n) is 2.10. The zero-order valence-electron chi connectivity index (χ0n) is 12.2. The van der Waals surface area contributed by atoms with Gasteiger partial charge in [0.25, 0.3) is 0 Å². The van der Waals surface area contributed by atoms with Gasteiger partial charge in [0.1, 0.15) is 11.6 Å². The highest BCUT2D eigenvalue weighted by Gasteiger charge is 2.19. The number of oxime groups is 1. The first-order chi connectivity index (χ1) is 10.1. The van der Waals surface area contributed by atoms with E-state index < -0.39 is 0 Å². The summed E-state index contributed by atoms with van der Waals surface area (Å²) in [5, 5.41) is 15.4. The lowest BCUT2D eigenvalue weighted by molar-refractivity contribution is 0.315. The van der Waals surface area contributed by atoms with E-state index in [0.717, 1.165) is 11.3 Å². The largest absolute Gasteiger partial charge is 0.444 e. The number of aromatic nitrogens is 1. The van der Waals surface area contributed by atoms with Gasteiger partial charge in [-0.1, -0.05) is 35.5 Å². The van der Waals surface area contributed by atoms with Gasteiger partial charge in [-0.3, -0.25) is 0 Å². The minimum atomic E-state index is -0.213. The van der Waals surface area contributed by atoms with Gasteiger partial charge < -0.3 is 20.7 Å². The Hall–Kier alpha value is -2.34. The Labute approximate surface area is 123 Å². The van der Waals surface area contributed by atoms with Gasteiger partial charge in [-0.05, 0) is 19.4 Å². The van der Waals surface area contributed by atoms with Gasteiger partial charge in [0.05, 0.1) is 18.2 Å². The number of rotatable bonds is 6. The SMILES string of the molecule is Cc1cnc(C(C)NCC(/C(N)=N/O)c2ccccc2)o1. The molecule has 2 atom stereocenters. The molecule has 6 nitrogen and oxygen atoms in total. The number of oxazole rings is 1. The van der Waals surface area contributed by atoms with Crippen LogP contribution in [0.15, 0.2) is 46.1 Å². The molecule has 0 fully saturated rings. The highest BCUT2D eigenvalue weighted by Crippen LogP contribution is 2.18. The van der Waals surface area contributed by atoms with Gasteiger partial charge in [-0.15, -0.1) is 0 Å². The lowest BCUT2D eigenvalue weighted by Gasteiger charge is -2.19. The summed E-state index contributed by atoms with van der Waals surface area (Å²) in [6.07, 6.45) is 1.69. The van der Waals surface area contributed by atoms with Crippen molar-refractivity contribution in [1.82, 2.24) is 10.3 Å². The first-order valence-electron chi connectivity index (χ1n) is 6.80. The van der Waals surface area contributed by atoms with E-state index in [4.69, 9.17) is 15.4 Å². The molecule has 0 bridgehead atoms. The van der Waals surface area contributed by atoms with Gasteiger partial charge in [-0.2, -0.15) is 0 Å². The molecule has 0 aliphatic rings. The average Bonchev–Trinajstić information content (AvgIpc) is 2.94. The molecule has 4 N–H and O–H groups in total. The number of benzene rings is 1. The first kappa shape index (κ1) is 15.1. The Kier molecular flexibility index (Phi) is 4.94. The predicted octanol–water partition coefficient (Wildman–Crippen LogP) is 2.16. The molecule has 0 amide bonds. The maximum atomic E-state index is 8.96. The summed E-state index contributed by atoms with van der Waals surface area (Å²) in [5.74, 6) is 1.35. The van der Waals surface area contributed by atoms with Crippen molar-refractivity contribution in [2.75, 3.05) is 6.54 Å². The predicted molar refractivity (Wildman–Crippen MR) is 80.2 cm³/mol. The Balaban J connectivity index is 2.06. The molecule has 0 saturated heterocycles. The molecule has 0 radical (unpaired) electrons. The van der Waals surface area contributed by atoms with Crippen molar-refractivity contribution in [2.24, 2.45) is 10.9 Å². The summed E-state index contributed by atoms with van der Waals surface area (Å²) in [6.45, 7) is 4.33. The molecule has 2 unspecified atom stereocenters. The molecule has 0 aliphatic carbocycles. The Bertz CT molecular complexity index is 595. The lowest BCUT2D eigenvalue weighted by atomic mass is 9.98. The van der Waals surface area contributed by atoms with Crippen LogP contribution in [0.25, 0.3) is 0 Å². The summed E-state index contributed by atoms with van der Waals surface area (Å²) in [7, 11) is 0. The number of nitrogens with zero attached hydrogens (tertiary/aromatic N) is 2. The summed E-state index contributed by atoms with van der Waals surface area (Å²) in [4.78, 5) is 4.19. The average molecular weight is 288 g/mol. The van der Waals surface area contributed by atoms with Gasteiger partial charge >= 0.3 is 0 Å². The topological polar surface area (TPSA) is 96.7 Å². The van der Waals surface area contributed by atoms with Crippen molar-refractivity contribution in [3.05, 3.63) is 53.7 Å². The summed E-state index contributed by atoms with van der Waals surface area (Å²) in [6, 6.07) is 9.62. The van der Waals surface area contributed by atoms with Crippen molar-refractivity contribution >= 4 is 5.84 Å². The molecule has 112 valence electrons. The van der Waals surface area contributed by atoms with Crippen molar-refractivity contribution in [1.29, 1.82) is 0 Å². The van der Waals surface area contributed by atoms with Crippen LogP contribution in [0.3, 0.4) is 0 Å². The van der Waals surface area contributed by atoms with Crippen LogP contribution in [0, 0.1) is 6.92 Å². The second-order valence-corrected chi connectivity index (χ2v) is 4.93. The fraction of sp³-hybridized carbons (Fsp3) is 0.333. The van der Waals surface area contributed by atoms with Gasteiger partial charge in [0.2, 0.25) is 5.89 Å². The Morgan fingerprint density at radius 2 is 2.14 bits per heavy atom. The van der Waals surface area contributed by atoms with Crippen molar-refractivity contribution in [2.45, 2.75) is 25.8 Å². The molecule has 0 spiro atoms.